The van der Waals surface area contributed by atoms with Crippen LogP contribution >= 0.6 is 0 Å². The summed E-state index contributed by atoms with van der Waals surface area (Å²) in [5, 5.41) is 2.84. The van der Waals surface area contributed by atoms with Crippen LogP contribution in [0.5, 0.6) is 5.75 Å². The van der Waals surface area contributed by atoms with E-state index in [9.17, 15) is 9.18 Å². The molecule has 2 aromatic rings. The number of carbonyl (C=O) groups is 1. The van der Waals surface area contributed by atoms with E-state index in [0.717, 1.165) is 43.2 Å². The second-order valence-corrected chi connectivity index (χ2v) is 5.89. The molecule has 25 heavy (non-hydrogen) atoms. The average Bonchev–Trinajstić information content (AvgIpc) is 2.64. The number of aryl methyl sites for hydroxylation is 1. The van der Waals surface area contributed by atoms with E-state index in [1.165, 1.54) is 24.3 Å². The van der Waals surface area contributed by atoms with Crippen LogP contribution in [0.4, 0.5) is 15.8 Å². The van der Waals surface area contributed by atoms with Gasteiger partial charge in [-0.3, -0.25) is 4.79 Å². The van der Waals surface area contributed by atoms with Gasteiger partial charge in [0.25, 0.3) is 5.91 Å². The van der Waals surface area contributed by atoms with Gasteiger partial charge in [0, 0.05) is 24.5 Å². The van der Waals surface area contributed by atoms with E-state index in [2.05, 4.69) is 16.3 Å². The maximum Gasteiger partial charge on any atom is 0.262 e. The molecule has 1 heterocycles. The van der Waals surface area contributed by atoms with Crippen LogP contribution in [0.3, 0.4) is 0 Å². The molecule has 1 amide bonds. The molecule has 1 aliphatic heterocycles. The molecule has 1 saturated heterocycles. The van der Waals surface area contributed by atoms with Crippen molar-refractivity contribution in [2.75, 3.05) is 43.1 Å². The van der Waals surface area contributed by atoms with Gasteiger partial charge in [0.05, 0.1) is 13.2 Å². The van der Waals surface area contributed by atoms with E-state index < -0.39 is 0 Å². The van der Waals surface area contributed by atoms with Crippen LogP contribution in [-0.4, -0.2) is 38.8 Å². The lowest BCUT2D eigenvalue weighted by Gasteiger charge is -2.29. The van der Waals surface area contributed by atoms with Crippen molar-refractivity contribution in [1.82, 2.24) is 0 Å². The SMILES string of the molecule is Cc1cc(N2CCOCC2)ccc1NC(=O)COc1ccc(F)cc1. The molecule has 1 aliphatic rings. The highest BCUT2D eigenvalue weighted by atomic mass is 19.1. The molecule has 1 N–H and O–H groups in total. The zero-order chi connectivity index (χ0) is 17.6. The zero-order valence-electron chi connectivity index (χ0n) is 14.1. The van der Waals surface area contributed by atoms with Gasteiger partial charge in [0.1, 0.15) is 11.6 Å². The molecular weight excluding hydrogens is 323 g/mol. The lowest BCUT2D eigenvalue weighted by atomic mass is 10.1. The number of amides is 1. The third-order valence-corrected chi connectivity index (χ3v) is 4.04. The fourth-order valence-electron chi connectivity index (χ4n) is 2.67. The van der Waals surface area contributed by atoms with Crippen LogP contribution in [0.15, 0.2) is 42.5 Å². The Bertz CT molecular complexity index is 728. The minimum absolute atomic E-state index is 0.129. The van der Waals surface area contributed by atoms with Gasteiger partial charge in [-0.2, -0.15) is 0 Å². The lowest BCUT2D eigenvalue weighted by molar-refractivity contribution is -0.118. The molecule has 0 bridgehead atoms. The van der Waals surface area contributed by atoms with Gasteiger partial charge in [0.2, 0.25) is 0 Å². The van der Waals surface area contributed by atoms with Crippen molar-refractivity contribution in [1.29, 1.82) is 0 Å². The number of hydrogen-bond donors (Lipinski definition) is 1. The predicted octanol–water partition coefficient (Wildman–Crippen LogP) is 2.99. The summed E-state index contributed by atoms with van der Waals surface area (Å²) in [5.74, 6) is -0.143. The summed E-state index contributed by atoms with van der Waals surface area (Å²) in [4.78, 5) is 14.3. The van der Waals surface area contributed by atoms with Crippen LogP contribution in [-0.2, 0) is 9.53 Å². The second-order valence-electron chi connectivity index (χ2n) is 5.89. The maximum atomic E-state index is 12.8. The maximum absolute atomic E-state index is 12.8. The van der Waals surface area contributed by atoms with E-state index in [1.54, 1.807) is 0 Å². The summed E-state index contributed by atoms with van der Waals surface area (Å²) in [6.07, 6.45) is 0. The number of rotatable bonds is 5. The largest absolute Gasteiger partial charge is 0.484 e. The molecule has 0 aliphatic carbocycles. The van der Waals surface area contributed by atoms with Crippen LogP contribution < -0.4 is 15.0 Å². The van der Waals surface area contributed by atoms with Crippen molar-refractivity contribution < 1.29 is 18.7 Å². The molecule has 0 saturated carbocycles. The van der Waals surface area contributed by atoms with Crippen LogP contribution in [0, 0.1) is 12.7 Å². The first-order valence-electron chi connectivity index (χ1n) is 8.23. The van der Waals surface area contributed by atoms with Gasteiger partial charge in [0.15, 0.2) is 6.61 Å². The number of hydrogen-bond acceptors (Lipinski definition) is 4. The van der Waals surface area contributed by atoms with Gasteiger partial charge < -0.3 is 19.7 Å². The first-order chi connectivity index (χ1) is 12.1. The van der Waals surface area contributed by atoms with Crippen molar-refractivity contribution in [3.05, 3.63) is 53.8 Å². The fourth-order valence-corrected chi connectivity index (χ4v) is 2.67. The molecule has 1 fully saturated rings. The Hall–Kier alpha value is -2.60. The van der Waals surface area contributed by atoms with Crippen molar-refractivity contribution in [2.24, 2.45) is 0 Å². The number of nitrogens with one attached hydrogen (secondary N) is 1. The van der Waals surface area contributed by atoms with Crippen LogP contribution in [0.25, 0.3) is 0 Å². The summed E-state index contributed by atoms with van der Waals surface area (Å²) in [6, 6.07) is 11.5. The van der Waals surface area contributed by atoms with E-state index in [1.807, 2.05) is 19.1 Å². The molecule has 0 unspecified atom stereocenters. The summed E-state index contributed by atoms with van der Waals surface area (Å²) < 4.78 is 23.6. The number of ether oxygens (including phenoxy) is 2. The Morgan fingerprint density at radius 2 is 1.92 bits per heavy atom. The number of halogens is 1. The van der Waals surface area contributed by atoms with Gasteiger partial charge in [-0.25, -0.2) is 4.39 Å². The Labute approximate surface area is 146 Å². The molecule has 0 spiro atoms. The molecule has 0 aromatic heterocycles. The summed E-state index contributed by atoms with van der Waals surface area (Å²) in [7, 11) is 0. The van der Waals surface area contributed by atoms with Gasteiger partial charge in [-0.1, -0.05) is 0 Å². The van der Waals surface area contributed by atoms with Gasteiger partial charge in [-0.15, -0.1) is 0 Å². The minimum atomic E-state index is -0.340. The third-order valence-electron chi connectivity index (χ3n) is 4.04. The third kappa shape index (κ3) is 4.70. The summed E-state index contributed by atoms with van der Waals surface area (Å²) in [5.41, 5.74) is 2.87. The molecule has 0 atom stereocenters. The molecular formula is C19H21FN2O3. The molecule has 132 valence electrons. The number of nitrogens with zero attached hydrogens (tertiary/aromatic N) is 1. The lowest BCUT2D eigenvalue weighted by Crippen LogP contribution is -2.36. The van der Waals surface area contributed by atoms with Gasteiger partial charge in [-0.05, 0) is 55.0 Å². The monoisotopic (exact) mass is 344 g/mol. The predicted molar refractivity (Wildman–Crippen MR) is 94.7 cm³/mol. The van der Waals surface area contributed by atoms with Crippen molar-refractivity contribution in [3.63, 3.8) is 0 Å². The average molecular weight is 344 g/mol. The van der Waals surface area contributed by atoms with Crippen LogP contribution in [0.2, 0.25) is 0 Å². The minimum Gasteiger partial charge on any atom is -0.484 e. The Kier molecular flexibility index (Phi) is 5.50. The number of anilines is 2. The number of benzene rings is 2. The summed E-state index contributed by atoms with van der Waals surface area (Å²) >= 11 is 0. The van der Waals surface area contributed by atoms with Crippen molar-refractivity contribution >= 4 is 17.3 Å². The van der Waals surface area contributed by atoms with E-state index in [0.29, 0.717) is 5.75 Å². The van der Waals surface area contributed by atoms with Crippen molar-refractivity contribution in [2.45, 2.75) is 6.92 Å². The fraction of sp³-hybridized carbons (Fsp3) is 0.316. The topological polar surface area (TPSA) is 50.8 Å². The van der Waals surface area contributed by atoms with E-state index in [4.69, 9.17) is 9.47 Å². The molecule has 5 nitrogen and oxygen atoms in total. The normalized spacial score (nSPS) is 14.2. The zero-order valence-corrected chi connectivity index (χ0v) is 14.1. The highest BCUT2D eigenvalue weighted by Crippen LogP contribution is 2.23. The van der Waals surface area contributed by atoms with E-state index in [-0.39, 0.29) is 18.3 Å². The van der Waals surface area contributed by atoms with Gasteiger partial charge >= 0.3 is 0 Å². The van der Waals surface area contributed by atoms with Crippen LogP contribution in [0.1, 0.15) is 5.56 Å². The van der Waals surface area contributed by atoms with E-state index >= 15 is 0 Å². The quantitative estimate of drug-likeness (QED) is 0.906. The number of morpholine rings is 1. The highest BCUT2D eigenvalue weighted by molar-refractivity contribution is 5.92. The molecule has 2 aromatic carbocycles. The standard InChI is InChI=1S/C19H21FN2O3/c1-14-12-16(22-8-10-24-11-9-22)4-7-18(14)21-19(23)13-25-17-5-2-15(20)3-6-17/h2-7,12H,8-11,13H2,1H3,(H,21,23). The Morgan fingerprint density at radius 1 is 1.20 bits per heavy atom. The smallest absolute Gasteiger partial charge is 0.262 e. The second kappa shape index (κ2) is 7.98. The Morgan fingerprint density at radius 3 is 2.60 bits per heavy atom. The first kappa shape index (κ1) is 17.2. The summed E-state index contributed by atoms with van der Waals surface area (Å²) in [6.45, 7) is 5.04. The first-order valence-corrected chi connectivity index (χ1v) is 8.23. The number of carbonyl (C=O) groups excluding carboxylic acids is 1. The highest BCUT2D eigenvalue weighted by Gasteiger charge is 2.13. The molecule has 3 rings (SSSR count). The molecule has 6 heteroatoms. The van der Waals surface area contributed by atoms with Crippen molar-refractivity contribution in [3.8, 4) is 5.75 Å². The Balaban J connectivity index is 1.56. The molecule has 0 radical (unpaired) electrons.